The van der Waals surface area contributed by atoms with Gasteiger partial charge in [-0.2, -0.15) is 35.4 Å². The van der Waals surface area contributed by atoms with Crippen molar-refractivity contribution in [1.82, 2.24) is 0 Å². The van der Waals surface area contributed by atoms with Crippen molar-refractivity contribution in [3.63, 3.8) is 0 Å². The summed E-state index contributed by atoms with van der Waals surface area (Å²) in [5.74, 6) is -0.440. The summed E-state index contributed by atoms with van der Waals surface area (Å²) in [6.45, 7) is 8.19. The van der Waals surface area contributed by atoms with E-state index in [4.69, 9.17) is 5.73 Å². The van der Waals surface area contributed by atoms with Gasteiger partial charge in [0, 0.05) is 0 Å². The summed E-state index contributed by atoms with van der Waals surface area (Å²) >= 11 is 0. The van der Waals surface area contributed by atoms with Gasteiger partial charge < -0.3 is 10.5 Å². The number of aryl methyl sites for hydroxylation is 2. The van der Waals surface area contributed by atoms with E-state index in [2.05, 4.69) is 62.4 Å². The van der Waals surface area contributed by atoms with Gasteiger partial charge in [-0.15, -0.1) is 0 Å². The molecule has 1 radical (unpaired) electrons. The minimum absolute atomic E-state index is 0. The Hall–Kier alpha value is -0.505. The SMILES string of the molecule is CCC(CC)C([NH-])=O.CC[c-]1cccc1.CC[c-]1cccc1.[Gd+3]. The first kappa shape index (κ1) is 24.7. The molecule has 0 unspecified atom stereocenters. The second-order valence-corrected chi connectivity index (χ2v) is 5.17. The van der Waals surface area contributed by atoms with E-state index in [1.54, 1.807) is 0 Å². The van der Waals surface area contributed by atoms with Crippen molar-refractivity contribution in [1.29, 1.82) is 0 Å². The topological polar surface area (TPSA) is 40.9 Å². The van der Waals surface area contributed by atoms with Crippen LogP contribution in [0.2, 0.25) is 0 Å². The number of nitrogens with one attached hydrogen (secondary N) is 1. The zero-order valence-electron chi connectivity index (χ0n) is 14.8. The summed E-state index contributed by atoms with van der Waals surface area (Å²) in [6.07, 6.45) is 3.93. The van der Waals surface area contributed by atoms with Crippen LogP contribution in [-0.4, -0.2) is 5.91 Å². The molecule has 2 rings (SSSR count). The van der Waals surface area contributed by atoms with Crippen LogP contribution in [0.4, 0.5) is 0 Å². The summed E-state index contributed by atoms with van der Waals surface area (Å²) in [6, 6.07) is 16.8. The molecule has 0 saturated carbocycles. The Morgan fingerprint density at radius 2 is 1.13 bits per heavy atom. The van der Waals surface area contributed by atoms with E-state index in [0.29, 0.717) is 0 Å². The van der Waals surface area contributed by atoms with Gasteiger partial charge in [-0.05, 0) is 18.8 Å². The van der Waals surface area contributed by atoms with Crippen molar-refractivity contribution in [3.8, 4) is 0 Å². The predicted molar refractivity (Wildman–Crippen MR) is 96.2 cm³/mol. The Labute approximate surface area is 174 Å². The second-order valence-electron chi connectivity index (χ2n) is 5.17. The molecule has 0 aliphatic rings. The quantitative estimate of drug-likeness (QED) is 0.512. The summed E-state index contributed by atoms with van der Waals surface area (Å²) in [4.78, 5) is 10.3. The first-order valence-corrected chi connectivity index (χ1v) is 8.25. The molecular formula is C20H30GdNO. The third-order valence-electron chi connectivity index (χ3n) is 3.64. The van der Waals surface area contributed by atoms with E-state index < -0.39 is 5.91 Å². The fourth-order valence-electron chi connectivity index (χ4n) is 1.96. The Bertz CT molecular complexity index is 422. The molecule has 2 nitrogen and oxygen atoms in total. The largest absolute Gasteiger partial charge is 3.00 e. The van der Waals surface area contributed by atoms with Crippen molar-refractivity contribution >= 4 is 5.91 Å². The van der Waals surface area contributed by atoms with E-state index in [1.165, 1.54) is 11.1 Å². The van der Waals surface area contributed by atoms with Crippen LogP contribution in [-0.2, 0) is 17.6 Å². The molecule has 0 fully saturated rings. The van der Waals surface area contributed by atoms with Gasteiger partial charge in [0.2, 0.25) is 0 Å². The molecule has 0 aromatic heterocycles. The molecule has 1 amide bonds. The third kappa shape index (κ3) is 12.6. The monoisotopic (exact) mass is 458 g/mol. The number of carbonyl (C=O) groups is 1. The maximum absolute atomic E-state index is 10.3. The van der Waals surface area contributed by atoms with Crippen molar-refractivity contribution in [3.05, 3.63) is 65.4 Å². The second kappa shape index (κ2) is 16.4. The predicted octanol–water partition coefficient (Wildman–Crippen LogP) is 5.94. The molecule has 0 aliphatic carbocycles. The summed E-state index contributed by atoms with van der Waals surface area (Å²) < 4.78 is 0. The van der Waals surface area contributed by atoms with Crippen molar-refractivity contribution in [2.45, 2.75) is 53.4 Å². The van der Waals surface area contributed by atoms with Gasteiger partial charge >= 0.3 is 39.9 Å². The molecule has 0 spiro atoms. The number of carbonyl (C=O) groups excluding carboxylic acids is 1. The molecule has 0 aliphatic heterocycles. The van der Waals surface area contributed by atoms with E-state index in [9.17, 15) is 4.79 Å². The smallest absolute Gasteiger partial charge is 0.668 e. The van der Waals surface area contributed by atoms with Crippen LogP contribution in [0.25, 0.3) is 5.73 Å². The molecule has 3 heteroatoms. The van der Waals surface area contributed by atoms with Crippen LogP contribution in [0, 0.1) is 45.9 Å². The molecule has 0 bridgehead atoms. The maximum Gasteiger partial charge on any atom is 3.00 e. The summed E-state index contributed by atoms with van der Waals surface area (Å²) in [7, 11) is 0. The first-order valence-electron chi connectivity index (χ1n) is 8.25. The van der Waals surface area contributed by atoms with E-state index in [0.717, 1.165) is 25.7 Å². The Morgan fingerprint density at radius 1 is 0.826 bits per heavy atom. The van der Waals surface area contributed by atoms with Gasteiger partial charge in [-0.3, -0.25) is 0 Å². The molecule has 23 heavy (non-hydrogen) atoms. The summed E-state index contributed by atoms with van der Waals surface area (Å²) in [5, 5.41) is 0. The fraction of sp³-hybridized carbons (Fsp3) is 0.450. The molecule has 2 aromatic rings. The van der Waals surface area contributed by atoms with Gasteiger partial charge in [0.15, 0.2) is 0 Å². The number of hydrogen-bond acceptors (Lipinski definition) is 1. The number of rotatable bonds is 5. The van der Waals surface area contributed by atoms with E-state index in [-0.39, 0.29) is 45.9 Å². The normalized spacial score (nSPS) is 9.09. The molecule has 0 heterocycles. The van der Waals surface area contributed by atoms with Gasteiger partial charge in [-0.25, -0.2) is 24.3 Å². The van der Waals surface area contributed by atoms with Crippen LogP contribution in [0.5, 0.6) is 0 Å². The number of amides is 1. The number of hydrogen-bond donors (Lipinski definition) is 0. The molecule has 2 aromatic carbocycles. The Balaban J connectivity index is 0. The van der Waals surface area contributed by atoms with Crippen LogP contribution in [0.1, 0.15) is 51.7 Å². The zero-order chi connectivity index (χ0) is 16.8. The molecular weight excluding hydrogens is 427 g/mol. The van der Waals surface area contributed by atoms with Crippen LogP contribution in [0.3, 0.4) is 0 Å². The molecule has 129 valence electrons. The third-order valence-corrected chi connectivity index (χ3v) is 3.64. The van der Waals surface area contributed by atoms with Crippen LogP contribution >= 0.6 is 0 Å². The van der Waals surface area contributed by atoms with E-state index in [1.807, 2.05) is 13.8 Å². The van der Waals surface area contributed by atoms with Crippen molar-refractivity contribution in [2.24, 2.45) is 5.92 Å². The standard InChI is InChI=1S/2C7H9.C6H13NO.Gd/c2*1-2-7-5-3-4-6-7;1-3-5(4-2)6(7)8;/h2*3-6H,2H2,1H3;5H,3-4H2,1-2H3,(H2,7,8);/q2*-1;;+3/p-1. The fourth-order valence-corrected chi connectivity index (χ4v) is 1.96. The maximum atomic E-state index is 10.3. The zero-order valence-corrected chi connectivity index (χ0v) is 17.1. The van der Waals surface area contributed by atoms with Gasteiger partial charge in [-0.1, -0.05) is 40.5 Å². The van der Waals surface area contributed by atoms with Crippen LogP contribution < -0.4 is 0 Å². The minimum atomic E-state index is -0.421. The van der Waals surface area contributed by atoms with Gasteiger partial charge in [0.25, 0.3) is 0 Å². The summed E-state index contributed by atoms with van der Waals surface area (Å²) in [5.41, 5.74) is 9.56. The van der Waals surface area contributed by atoms with Gasteiger partial charge in [0.05, 0.1) is 5.91 Å². The molecule has 0 saturated heterocycles. The average Bonchev–Trinajstić information content (AvgIpc) is 3.22. The van der Waals surface area contributed by atoms with Gasteiger partial charge in [0.1, 0.15) is 0 Å². The first-order chi connectivity index (χ1) is 10.6. The Kier molecular flexibility index (Phi) is 17.6. The van der Waals surface area contributed by atoms with E-state index >= 15 is 0 Å². The minimum Gasteiger partial charge on any atom is -0.668 e. The van der Waals surface area contributed by atoms with Crippen LogP contribution in [0.15, 0.2) is 48.5 Å². The molecule has 1 N–H and O–H groups in total. The Morgan fingerprint density at radius 3 is 1.22 bits per heavy atom. The average molecular weight is 458 g/mol. The van der Waals surface area contributed by atoms with Crippen molar-refractivity contribution in [2.75, 3.05) is 0 Å². The molecule has 0 atom stereocenters. The van der Waals surface area contributed by atoms with Crippen molar-refractivity contribution < 1.29 is 44.7 Å².